The normalized spacial score (nSPS) is 12.9. The summed E-state index contributed by atoms with van der Waals surface area (Å²) in [6.07, 6.45) is 0. The number of rotatable bonds is 5. The van der Waals surface area contributed by atoms with E-state index in [1.165, 1.54) is 0 Å². The van der Waals surface area contributed by atoms with Gasteiger partial charge in [-0.1, -0.05) is 25.4 Å². The van der Waals surface area contributed by atoms with E-state index in [4.69, 9.17) is 17.3 Å². The average Bonchev–Trinajstić information content (AvgIpc) is 2.21. The monoisotopic (exact) mass is 262 g/mol. The lowest BCUT2D eigenvalue weighted by Gasteiger charge is -2.20. The van der Waals surface area contributed by atoms with Gasteiger partial charge in [-0.3, -0.25) is 0 Å². The third-order valence-corrected chi connectivity index (χ3v) is 3.09. The van der Waals surface area contributed by atoms with Crippen LogP contribution in [-0.4, -0.2) is 13.1 Å². The summed E-state index contributed by atoms with van der Waals surface area (Å²) in [5.41, 5.74) is 5.74. The lowest BCUT2D eigenvalue weighted by Crippen LogP contribution is -2.27. The zero-order valence-corrected chi connectivity index (χ0v) is 10.7. The van der Waals surface area contributed by atoms with Crippen LogP contribution >= 0.6 is 11.6 Å². The van der Waals surface area contributed by atoms with Crippen LogP contribution in [0.4, 0.5) is 14.5 Å². The first-order chi connectivity index (χ1) is 7.95. The molecular formula is C12H17ClF2N2. The molecule has 1 unspecified atom stereocenters. The molecule has 0 fully saturated rings. The Morgan fingerprint density at radius 2 is 2.00 bits per heavy atom. The predicted octanol–water partition coefficient (Wildman–Crippen LogP) is 3.26. The summed E-state index contributed by atoms with van der Waals surface area (Å²) in [6, 6.07) is 1.89. The van der Waals surface area contributed by atoms with Crippen molar-refractivity contribution >= 4 is 17.3 Å². The van der Waals surface area contributed by atoms with E-state index in [1.54, 1.807) is 0 Å². The molecule has 0 radical (unpaired) electrons. The Hall–Kier alpha value is -0.870. The minimum atomic E-state index is -0.686. The van der Waals surface area contributed by atoms with Crippen LogP contribution in [0, 0.1) is 23.5 Å². The van der Waals surface area contributed by atoms with Crippen molar-refractivity contribution in [2.24, 2.45) is 17.6 Å². The fraction of sp³-hybridized carbons (Fsp3) is 0.500. The second-order valence-electron chi connectivity index (χ2n) is 4.37. The topological polar surface area (TPSA) is 38.0 Å². The molecule has 0 aliphatic carbocycles. The van der Waals surface area contributed by atoms with Gasteiger partial charge < -0.3 is 11.1 Å². The SMILES string of the molecule is CC(C)C(CN)CNc1c(F)cc(F)cc1Cl. The Morgan fingerprint density at radius 3 is 2.47 bits per heavy atom. The molecule has 0 aromatic heterocycles. The van der Waals surface area contributed by atoms with Crippen LogP contribution in [0.5, 0.6) is 0 Å². The van der Waals surface area contributed by atoms with E-state index in [9.17, 15) is 8.78 Å². The highest BCUT2D eigenvalue weighted by molar-refractivity contribution is 6.33. The molecule has 0 bridgehead atoms. The van der Waals surface area contributed by atoms with Crippen LogP contribution in [0.1, 0.15) is 13.8 Å². The van der Waals surface area contributed by atoms with E-state index >= 15 is 0 Å². The summed E-state index contributed by atoms with van der Waals surface area (Å²) in [4.78, 5) is 0. The van der Waals surface area contributed by atoms with Crippen molar-refractivity contribution in [1.82, 2.24) is 0 Å². The molecular weight excluding hydrogens is 246 g/mol. The summed E-state index contributed by atoms with van der Waals surface area (Å²) in [5, 5.41) is 2.93. The highest BCUT2D eigenvalue weighted by Gasteiger charge is 2.14. The third-order valence-electron chi connectivity index (χ3n) is 2.79. The van der Waals surface area contributed by atoms with Crippen LogP contribution in [0.25, 0.3) is 0 Å². The van der Waals surface area contributed by atoms with Crippen LogP contribution in [0.2, 0.25) is 5.02 Å². The van der Waals surface area contributed by atoms with Gasteiger partial charge in [-0.25, -0.2) is 8.78 Å². The lowest BCUT2D eigenvalue weighted by molar-refractivity contribution is 0.412. The maximum Gasteiger partial charge on any atom is 0.150 e. The zero-order chi connectivity index (χ0) is 13.0. The molecule has 3 N–H and O–H groups in total. The maximum atomic E-state index is 13.4. The van der Waals surface area contributed by atoms with Crippen molar-refractivity contribution in [1.29, 1.82) is 0 Å². The molecule has 96 valence electrons. The standard InChI is InChI=1S/C12H17ClF2N2/c1-7(2)8(5-16)6-17-12-10(13)3-9(14)4-11(12)15/h3-4,7-8,17H,5-6,16H2,1-2H3. The summed E-state index contributed by atoms with van der Waals surface area (Å²) in [6.45, 7) is 5.10. The zero-order valence-electron chi connectivity index (χ0n) is 9.93. The Morgan fingerprint density at radius 1 is 1.35 bits per heavy atom. The van der Waals surface area contributed by atoms with E-state index in [-0.39, 0.29) is 16.6 Å². The number of nitrogens with two attached hydrogens (primary N) is 1. The molecule has 0 spiro atoms. The second kappa shape index (κ2) is 6.17. The summed E-state index contributed by atoms with van der Waals surface area (Å²) >= 11 is 5.77. The summed E-state index contributed by atoms with van der Waals surface area (Å²) in [5.74, 6) is -0.767. The first kappa shape index (κ1) is 14.2. The van der Waals surface area contributed by atoms with Gasteiger partial charge in [0.1, 0.15) is 5.82 Å². The molecule has 1 rings (SSSR count). The Kier molecular flexibility index (Phi) is 5.15. The minimum absolute atomic E-state index is 0.0435. The summed E-state index contributed by atoms with van der Waals surface area (Å²) in [7, 11) is 0. The Labute approximate surface area is 105 Å². The van der Waals surface area contributed by atoms with Crippen LogP contribution in [0.3, 0.4) is 0 Å². The fourth-order valence-corrected chi connectivity index (χ4v) is 1.80. The number of benzene rings is 1. The highest BCUT2D eigenvalue weighted by atomic mass is 35.5. The molecule has 0 aliphatic rings. The number of nitrogens with one attached hydrogen (secondary N) is 1. The molecule has 1 aromatic carbocycles. The van der Waals surface area contributed by atoms with Gasteiger partial charge in [0, 0.05) is 12.6 Å². The smallest absolute Gasteiger partial charge is 0.150 e. The number of halogens is 3. The number of hydrogen-bond acceptors (Lipinski definition) is 2. The third kappa shape index (κ3) is 3.82. The van der Waals surface area contributed by atoms with Crippen molar-refractivity contribution in [2.45, 2.75) is 13.8 Å². The minimum Gasteiger partial charge on any atom is -0.381 e. The van der Waals surface area contributed by atoms with E-state index in [0.717, 1.165) is 12.1 Å². The Balaban J connectivity index is 2.75. The van der Waals surface area contributed by atoms with Crippen molar-refractivity contribution in [3.63, 3.8) is 0 Å². The molecule has 0 saturated heterocycles. The van der Waals surface area contributed by atoms with Gasteiger partial charge in [0.2, 0.25) is 0 Å². The molecule has 1 aromatic rings. The number of anilines is 1. The maximum absolute atomic E-state index is 13.4. The van der Waals surface area contributed by atoms with Gasteiger partial charge in [0.15, 0.2) is 5.82 Å². The lowest BCUT2D eigenvalue weighted by atomic mass is 9.96. The molecule has 2 nitrogen and oxygen atoms in total. The van der Waals surface area contributed by atoms with E-state index in [0.29, 0.717) is 19.0 Å². The van der Waals surface area contributed by atoms with Crippen molar-refractivity contribution in [2.75, 3.05) is 18.4 Å². The number of hydrogen-bond donors (Lipinski definition) is 2. The largest absolute Gasteiger partial charge is 0.381 e. The first-order valence-corrected chi connectivity index (χ1v) is 5.92. The van der Waals surface area contributed by atoms with E-state index < -0.39 is 11.6 Å². The molecule has 1 atom stereocenters. The quantitative estimate of drug-likeness (QED) is 0.855. The van der Waals surface area contributed by atoms with Gasteiger partial charge in [0.05, 0.1) is 10.7 Å². The molecule has 0 heterocycles. The molecule has 0 aliphatic heterocycles. The van der Waals surface area contributed by atoms with Gasteiger partial charge in [0.25, 0.3) is 0 Å². The van der Waals surface area contributed by atoms with Crippen molar-refractivity contribution in [3.8, 4) is 0 Å². The second-order valence-corrected chi connectivity index (χ2v) is 4.77. The Bertz CT molecular complexity index is 360. The molecule has 0 amide bonds. The van der Waals surface area contributed by atoms with Crippen molar-refractivity contribution < 1.29 is 8.78 Å². The van der Waals surface area contributed by atoms with Gasteiger partial charge in [-0.05, 0) is 24.4 Å². The van der Waals surface area contributed by atoms with E-state index in [1.807, 2.05) is 13.8 Å². The summed E-state index contributed by atoms with van der Waals surface area (Å²) < 4.78 is 26.3. The highest BCUT2D eigenvalue weighted by Crippen LogP contribution is 2.26. The van der Waals surface area contributed by atoms with Gasteiger partial charge in [-0.2, -0.15) is 0 Å². The first-order valence-electron chi connectivity index (χ1n) is 5.54. The van der Waals surface area contributed by atoms with Crippen LogP contribution < -0.4 is 11.1 Å². The average molecular weight is 263 g/mol. The molecule has 17 heavy (non-hydrogen) atoms. The van der Waals surface area contributed by atoms with Crippen LogP contribution in [0.15, 0.2) is 12.1 Å². The fourth-order valence-electron chi connectivity index (χ4n) is 1.54. The predicted molar refractivity (Wildman–Crippen MR) is 67.2 cm³/mol. The van der Waals surface area contributed by atoms with Gasteiger partial charge >= 0.3 is 0 Å². The molecule has 0 saturated carbocycles. The van der Waals surface area contributed by atoms with E-state index in [2.05, 4.69) is 5.32 Å². The van der Waals surface area contributed by atoms with Gasteiger partial charge in [-0.15, -0.1) is 0 Å². The van der Waals surface area contributed by atoms with Crippen molar-refractivity contribution in [3.05, 3.63) is 28.8 Å². The van der Waals surface area contributed by atoms with Crippen LogP contribution in [-0.2, 0) is 0 Å². The molecule has 5 heteroatoms.